The van der Waals surface area contributed by atoms with Crippen LogP contribution >= 0.6 is 94.1 Å². The molecule has 0 saturated heterocycles. The van der Waals surface area contributed by atoms with Crippen LogP contribution in [0.4, 0.5) is 0 Å². The number of benzene rings is 1. The Morgan fingerprint density at radius 3 is 1.74 bits per heavy atom. The molecule has 2 aliphatic heterocycles. The highest BCUT2D eigenvalue weighted by Crippen LogP contribution is 2.66. The third-order valence-electron chi connectivity index (χ3n) is 5.54. The van der Waals surface area contributed by atoms with Gasteiger partial charge in [-0.15, -0.1) is 47.0 Å². The van der Waals surface area contributed by atoms with E-state index in [0.29, 0.717) is 12.4 Å². The van der Waals surface area contributed by atoms with Crippen molar-refractivity contribution in [1.82, 2.24) is 0 Å². The number of hydrogen-bond acceptors (Lipinski definition) is 10. The SMILES string of the molecule is CCCCCSC1=C(SCCCCC)SC(=C2SC(SC)=C(SCCCCOc3ccccc3C(=O)O)S2)S1. The number of thioether (sulfide) groups is 8. The zero-order valence-corrected chi connectivity index (χ0v) is 29.4. The van der Waals surface area contributed by atoms with Crippen LogP contribution in [0.15, 0.2) is 49.7 Å². The highest BCUT2D eigenvalue weighted by atomic mass is 32.3. The first-order valence-electron chi connectivity index (χ1n) is 13.4. The van der Waals surface area contributed by atoms with Crippen molar-refractivity contribution >= 4 is 100 Å². The maximum Gasteiger partial charge on any atom is 0.339 e. The third-order valence-corrected chi connectivity index (χ3v) is 17.2. The van der Waals surface area contributed by atoms with Crippen LogP contribution in [-0.4, -0.2) is 41.2 Å². The summed E-state index contributed by atoms with van der Waals surface area (Å²) in [6.45, 7) is 5.09. The summed E-state index contributed by atoms with van der Waals surface area (Å²) >= 11 is 15.9. The van der Waals surface area contributed by atoms with E-state index in [0.717, 1.165) is 18.6 Å². The second kappa shape index (κ2) is 19.7. The maximum absolute atomic E-state index is 11.4. The number of carboxylic acids is 1. The van der Waals surface area contributed by atoms with Gasteiger partial charge in [0.2, 0.25) is 0 Å². The fraction of sp³-hybridized carbons (Fsp3) is 0.536. The number of para-hydroxylation sites is 1. The van der Waals surface area contributed by atoms with E-state index in [1.807, 2.05) is 76.6 Å². The number of carbonyl (C=O) groups is 1. The van der Waals surface area contributed by atoms with Crippen LogP contribution in [0.1, 0.15) is 75.6 Å². The molecule has 2 aliphatic rings. The Balaban J connectivity index is 1.48. The number of ether oxygens (including phenoxy) is 1. The van der Waals surface area contributed by atoms with Crippen LogP contribution in [-0.2, 0) is 0 Å². The summed E-state index contributed by atoms with van der Waals surface area (Å²) in [5.41, 5.74) is 0.226. The minimum atomic E-state index is -0.948. The molecule has 0 aromatic heterocycles. The fourth-order valence-corrected chi connectivity index (χ4v) is 15.2. The molecule has 1 aromatic rings. The lowest BCUT2D eigenvalue weighted by Gasteiger charge is -2.09. The van der Waals surface area contributed by atoms with Gasteiger partial charge in [0, 0.05) is 0 Å². The molecule has 216 valence electrons. The molecule has 0 aliphatic carbocycles. The van der Waals surface area contributed by atoms with Gasteiger partial charge >= 0.3 is 5.97 Å². The first kappa shape index (κ1) is 34.0. The zero-order valence-electron chi connectivity index (χ0n) is 22.8. The molecule has 1 N–H and O–H groups in total. The van der Waals surface area contributed by atoms with Crippen LogP contribution in [0.2, 0.25) is 0 Å². The largest absolute Gasteiger partial charge is 0.493 e. The third kappa shape index (κ3) is 11.6. The zero-order chi connectivity index (χ0) is 27.9. The van der Waals surface area contributed by atoms with Crippen molar-refractivity contribution in [3.05, 3.63) is 55.3 Å². The smallest absolute Gasteiger partial charge is 0.339 e. The highest BCUT2D eigenvalue weighted by molar-refractivity contribution is 8.45. The quantitative estimate of drug-likeness (QED) is 0.142. The Kier molecular flexibility index (Phi) is 17.1. The van der Waals surface area contributed by atoms with Gasteiger partial charge in [0.15, 0.2) is 0 Å². The monoisotopic (exact) mass is 678 g/mol. The Morgan fingerprint density at radius 1 is 0.744 bits per heavy atom. The van der Waals surface area contributed by atoms with Gasteiger partial charge in [-0.3, -0.25) is 0 Å². The van der Waals surface area contributed by atoms with E-state index < -0.39 is 5.97 Å². The van der Waals surface area contributed by atoms with Gasteiger partial charge in [-0.1, -0.05) is 98.7 Å². The molecule has 0 bridgehead atoms. The lowest BCUT2D eigenvalue weighted by Crippen LogP contribution is -2.04. The van der Waals surface area contributed by atoms with E-state index in [-0.39, 0.29) is 5.56 Å². The Morgan fingerprint density at radius 2 is 1.23 bits per heavy atom. The molecule has 0 fully saturated rings. The van der Waals surface area contributed by atoms with Gasteiger partial charge in [-0.25, -0.2) is 4.79 Å². The van der Waals surface area contributed by atoms with Gasteiger partial charge in [0.05, 0.1) is 32.0 Å². The predicted molar refractivity (Wildman–Crippen MR) is 190 cm³/mol. The number of rotatable bonds is 19. The molecule has 0 spiro atoms. The molecule has 0 saturated carbocycles. The van der Waals surface area contributed by atoms with Gasteiger partial charge < -0.3 is 9.84 Å². The van der Waals surface area contributed by atoms with Crippen LogP contribution < -0.4 is 4.74 Å². The number of aromatic carboxylic acids is 1. The van der Waals surface area contributed by atoms with E-state index in [2.05, 4.69) is 43.6 Å². The lowest BCUT2D eigenvalue weighted by atomic mass is 10.2. The molecule has 11 heteroatoms. The molecular weight excluding hydrogens is 641 g/mol. The number of unbranched alkanes of at least 4 members (excludes halogenated alkanes) is 5. The standard InChI is InChI=1S/C28H38O3S8/c1-4-6-11-17-34-25-26(35-18-12-7-5-2)39-28(38-25)27-36-23(32-3)24(37-27)33-19-13-10-16-31-21-15-9-8-14-20(21)22(29)30/h8-9,14-15H,4-7,10-13,16-19H2,1-3H3,(H,29,30). The molecule has 3 nitrogen and oxygen atoms in total. The van der Waals surface area contributed by atoms with Gasteiger partial charge in [0.25, 0.3) is 0 Å². The van der Waals surface area contributed by atoms with E-state index >= 15 is 0 Å². The first-order chi connectivity index (χ1) is 19.1. The van der Waals surface area contributed by atoms with Crippen molar-refractivity contribution in [2.45, 2.75) is 65.2 Å². The van der Waals surface area contributed by atoms with Crippen molar-refractivity contribution in [1.29, 1.82) is 0 Å². The van der Waals surface area contributed by atoms with Gasteiger partial charge in [0.1, 0.15) is 11.3 Å². The molecule has 2 heterocycles. The second-order valence-electron chi connectivity index (χ2n) is 8.65. The molecular formula is C28H38O3S8. The van der Waals surface area contributed by atoms with E-state index in [1.54, 1.807) is 18.2 Å². The highest BCUT2D eigenvalue weighted by Gasteiger charge is 2.30. The Hall–Kier alpha value is 0.510. The molecule has 39 heavy (non-hydrogen) atoms. The molecule has 0 amide bonds. The van der Waals surface area contributed by atoms with Crippen molar-refractivity contribution < 1.29 is 14.6 Å². The molecule has 0 radical (unpaired) electrons. The molecule has 3 rings (SSSR count). The van der Waals surface area contributed by atoms with Crippen molar-refractivity contribution in [3.63, 3.8) is 0 Å². The van der Waals surface area contributed by atoms with Crippen molar-refractivity contribution in [2.75, 3.05) is 30.1 Å². The average molecular weight is 679 g/mol. The van der Waals surface area contributed by atoms with Crippen LogP contribution in [0.3, 0.4) is 0 Å². The summed E-state index contributed by atoms with van der Waals surface area (Å²) in [6.07, 6.45) is 11.9. The molecule has 0 unspecified atom stereocenters. The normalized spacial score (nSPS) is 15.7. The van der Waals surface area contributed by atoms with Crippen LogP contribution in [0, 0.1) is 0 Å². The molecule has 1 aromatic carbocycles. The van der Waals surface area contributed by atoms with Crippen LogP contribution in [0.5, 0.6) is 5.75 Å². The minimum absolute atomic E-state index is 0.226. The minimum Gasteiger partial charge on any atom is -0.493 e. The summed E-state index contributed by atoms with van der Waals surface area (Å²) in [4.78, 5) is 11.4. The number of hydrogen-bond donors (Lipinski definition) is 1. The fourth-order valence-electron chi connectivity index (χ4n) is 3.46. The van der Waals surface area contributed by atoms with Crippen LogP contribution in [0.25, 0.3) is 0 Å². The second-order valence-corrected chi connectivity index (χ2v) is 18.4. The Labute approximate surface area is 268 Å². The lowest BCUT2D eigenvalue weighted by molar-refractivity contribution is 0.0692. The molecule has 0 atom stereocenters. The topological polar surface area (TPSA) is 46.5 Å². The summed E-state index contributed by atoms with van der Waals surface area (Å²) in [6, 6.07) is 6.86. The average Bonchev–Trinajstić information content (AvgIpc) is 3.55. The Bertz CT molecular complexity index is 1010. The van der Waals surface area contributed by atoms with Crippen molar-refractivity contribution in [2.24, 2.45) is 0 Å². The summed E-state index contributed by atoms with van der Waals surface area (Å²) in [7, 11) is 0. The number of carboxylic acid groups (broad SMARTS) is 1. The van der Waals surface area contributed by atoms with E-state index in [4.69, 9.17) is 4.74 Å². The predicted octanol–water partition coefficient (Wildman–Crippen LogP) is 11.8. The summed E-state index contributed by atoms with van der Waals surface area (Å²) in [5.74, 6) is 2.99. The summed E-state index contributed by atoms with van der Waals surface area (Å²) < 4.78 is 14.6. The van der Waals surface area contributed by atoms with E-state index in [1.165, 1.54) is 75.5 Å². The first-order valence-corrected chi connectivity index (χ1v) is 20.8. The summed E-state index contributed by atoms with van der Waals surface area (Å²) in [5, 5.41) is 9.31. The van der Waals surface area contributed by atoms with Crippen molar-refractivity contribution in [3.8, 4) is 5.75 Å². The maximum atomic E-state index is 11.4. The van der Waals surface area contributed by atoms with Gasteiger partial charge in [-0.2, -0.15) is 0 Å². The van der Waals surface area contributed by atoms with E-state index in [9.17, 15) is 9.90 Å². The van der Waals surface area contributed by atoms with Gasteiger partial charge in [-0.05, 0) is 61.3 Å².